The van der Waals surface area contributed by atoms with Gasteiger partial charge in [-0.1, -0.05) is 18.2 Å². The van der Waals surface area contributed by atoms with Crippen LogP contribution in [0.1, 0.15) is 18.4 Å². The van der Waals surface area contributed by atoms with Crippen LogP contribution in [0.25, 0.3) is 0 Å². The summed E-state index contributed by atoms with van der Waals surface area (Å²) in [5.74, 6) is 1.14. The molecule has 1 fully saturated rings. The molecule has 1 aromatic carbocycles. The quantitative estimate of drug-likeness (QED) is 0.864. The Balaban J connectivity index is 1.94. The Morgan fingerprint density at radius 2 is 2.14 bits per heavy atom. The molecule has 5 nitrogen and oxygen atoms in total. The van der Waals surface area contributed by atoms with Gasteiger partial charge >= 0.3 is 0 Å². The summed E-state index contributed by atoms with van der Waals surface area (Å²) in [6, 6.07) is 7.95. The first-order chi connectivity index (χ1) is 10.0. The molecule has 2 rings (SSSR count). The highest BCUT2D eigenvalue weighted by molar-refractivity contribution is 7.88. The maximum atomic E-state index is 11.6. The topological polar surface area (TPSA) is 58.6 Å². The molecule has 1 aliphatic heterocycles. The number of para-hydroxylation sites is 1. The number of ether oxygens (including phenoxy) is 1. The Kier molecular flexibility index (Phi) is 5.61. The predicted octanol–water partition coefficient (Wildman–Crippen LogP) is 1.46. The summed E-state index contributed by atoms with van der Waals surface area (Å²) in [7, 11) is -1.19. The van der Waals surface area contributed by atoms with Crippen LogP contribution in [0.2, 0.25) is 0 Å². The van der Waals surface area contributed by atoms with Gasteiger partial charge < -0.3 is 10.1 Å². The summed E-state index contributed by atoms with van der Waals surface area (Å²) in [6.07, 6.45) is 3.19. The van der Waals surface area contributed by atoms with Crippen LogP contribution in [-0.2, 0) is 16.6 Å². The molecule has 1 saturated heterocycles. The number of nitrogens with zero attached hydrogens (tertiary/aromatic N) is 1. The lowest BCUT2D eigenvalue weighted by molar-refractivity contribution is 0.179. The Bertz CT molecular complexity index is 560. The Morgan fingerprint density at radius 3 is 2.86 bits per heavy atom. The summed E-state index contributed by atoms with van der Waals surface area (Å²) >= 11 is 0. The molecule has 0 radical (unpaired) electrons. The molecule has 1 unspecified atom stereocenters. The highest BCUT2D eigenvalue weighted by Crippen LogP contribution is 2.22. The zero-order valence-electron chi connectivity index (χ0n) is 12.7. The van der Waals surface area contributed by atoms with Gasteiger partial charge in [0, 0.05) is 31.1 Å². The van der Waals surface area contributed by atoms with Crippen LogP contribution in [0.15, 0.2) is 24.3 Å². The van der Waals surface area contributed by atoms with Gasteiger partial charge in [-0.2, -0.15) is 0 Å². The second-order valence-corrected chi connectivity index (χ2v) is 7.56. The van der Waals surface area contributed by atoms with Crippen molar-refractivity contribution >= 4 is 10.0 Å². The smallest absolute Gasteiger partial charge is 0.211 e. The lowest BCUT2D eigenvalue weighted by atomic mass is 10.0. The van der Waals surface area contributed by atoms with Crippen LogP contribution in [-0.4, -0.2) is 45.7 Å². The number of hydrogen-bond donors (Lipinski definition) is 1. The number of benzene rings is 1. The molecule has 1 N–H and O–H groups in total. The van der Waals surface area contributed by atoms with Crippen molar-refractivity contribution in [1.82, 2.24) is 9.62 Å². The third kappa shape index (κ3) is 4.69. The average Bonchev–Trinajstić information content (AvgIpc) is 2.46. The van der Waals surface area contributed by atoms with Crippen molar-refractivity contribution in [3.63, 3.8) is 0 Å². The number of nitrogens with one attached hydrogen (secondary N) is 1. The summed E-state index contributed by atoms with van der Waals surface area (Å²) in [5.41, 5.74) is 1.12. The van der Waals surface area contributed by atoms with E-state index in [2.05, 4.69) is 5.32 Å². The second-order valence-electron chi connectivity index (χ2n) is 5.58. The monoisotopic (exact) mass is 312 g/mol. The van der Waals surface area contributed by atoms with Gasteiger partial charge in [0.2, 0.25) is 10.0 Å². The van der Waals surface area contributed by atoms with Gasteiger partial charge in [-0.25, -0.2) is 12.7 Å². The number of rotatable bonds is 6. The van der Waals surface area contributed by atoms with Crippen LogP contribution in [0, 0.1) is 5.92 Å². The molecule has 0 aromatic heterocycles. The molecule has 118 valence electrons. The molecule has 0 aliphatic carbocycles. The van der Waals surface area contributed by atoms with Crippen molar-refractivity contribution < 1.29 is 13.2 Å². The van der Waals surface area contributed by atoms with E-state index in [0.29, 0.717) is 19.7 Å². The van der Waals surface area contributed by atoms with Crippen LogP contribution < -0.4 is 10.1 Å². The van der Waals surface area contributed by atoms with E-state index in [4.69, 9.17) is 4.74 Å². The van der Waals surface area contributed by atoms with E-state index in [1.807, 2.05) is 31.3 Å². The maximum absolute atomic E-state index is 11.6. The third-order valence-electron chi connectivity index (χ3n) is 3.77. The molecule has 1 aliphatic rings. The summed E-state index contributed by atoms with van der Waals surface area (Å²) in [5, 5.41) is 3.12. The van der Waals surface area contributed by atoms with E-state index >= 15 is 0 Å². The van der Waals surface area contributed by atoms with Gasteiger partial charge in [-0.05, 0) is 26.0 Å². The van der Waals surface area contributed by atoms with E-state index < -0.39 is 10.0 Å². The Hall–Kier alpha value is -1.11. The van der Waals surface area contributed by atoms with Crippen LogP contribution in [0.4, 0.5) is 0 Å². The highest BCUT2D eigenvalue weighted by atomic mass is 32.2. The lowest BCUT2D eigenvalue weighted by Gasteiger charge is -2.30. The van der Waals surface area contributed by atoms with Crippen molar-refractivity contribution in [1.29, 1.82) is 0 Å². The van der Waals surface area contributed by atoms with Crippen LogP contribution in [0.3, 0.4) is 0 Å². The van der Waals surface area contributed by atoms with Gasteiger partial charge in [0.25, 0.3) is 0 Å². The normalized spacial score (nSPS) is 20.4. The van der Waals surface area contributed by atoms with Gasteiger partial charge in [-0.15, -0.1) is 0 Å². The first kappa shape index (κ1) is 16.3. The van der Waals surface area contributed by atoms with E-state index in [1.54, 1.807) is 4.31 Å². The fourth-order valence-corrected chi connectivity index (χ4v) is 3.60. The SMILES string of the molecule is CNCc1ccccc1OCC1CCCN(S(C)(=O)=O)C1. The third-order valence-corrected chi connectivity index (χ3v) is 5.03. The predicted molar refractivity (Wildman–Crippen MR) is 83.8 cm³/mol. The van der Waals surface area contributed by atoms with Crippen molar-refractivity contribution in [2.24, 2.45) is 5.92 Å². The highest BCUT2D eigenvalue weighted by Gasteiger charge is 2.26. The minimum Gasteiger partial charge on any atom is -0.493 e. The minimum atomic E-state index is -3.09. The molecule has 1 atom stereocenters. The molecule has 0 amide bonds. The lowest BCUT2D eigenvalue weighted by Crippen LogP contribution is -2.41. The largest absolute Gasteiger partial charge is 0.493 e. The van der Waals surface area contributed by atoms with Gasteiger partial charge in [0.15, 0.2) is 0 Å². The molecule has 0 saturated carbocycles. The molecule has 1 aromatic rings. The second kappa shape index (κ2) is 7.24. The zero-order valence-corrected chi connectivity index (χ0v) is 13.5. The molecular formula is C15H24N2O3S. The fraction of sp³-hybridized carbons (Fsp3) is 0.600. The molecule has 21 heavy (non-hydrogen) atoms. The van der Waals surface area contributed by atoms with Crippen LogP contribution in [0.5, 0.6) is 5.75 Å². The zero-order chi connectivity index (χ0) is 15.3. The minimum absolute atomic E-state index is 0.260. The maximum Gasteiger partial charge on any atom is 0.211 e. The summed E-state index contributed by atoms with van der Waals surface area (Å²) < 4.78 is 30.7. The fourth-order valence-electron chi connectivity index (χ4n) is 2.65. The first-order valence-electron chi connectivity index (χ1n) is 7.31. The average molecular weight is 312 g/mol. The summed E-state index contributed by atoms with van der Waals surface area (Å²) in [4.78, 5) is 0. The molecule has 0 spiro atoms. The van der Waals surface area contributed by atoms with Crippen molar-refractivity contribution in [3.8, 4) is 5.75 Å². The molecule has 6 heteroatoms. The van der Waals surface area contributed by atoms with Crippen LogP contribution >= 0.6 is 0 Å². The standard InChI is InChI=1S/C15H24N2O3S/c1-16-10-14-7-3-4-8-15(14)20-12-13-6-5-9-17(11-13)21(2,18)19/h3-4,7-8,13,16H,5-6,9-12H2,1-2H3. The van der Waals surface area contributed by atoms with Gasteiger partial charge in [0.05, 0.1) is 12.9 Å². The van der Waals surface area contributed by atoms with Gasteiger partial charge in [-0.3, -0.25) is 0 Å². The van der Waals surface area contributed by atoms with Crippen molar-refractivity contribution in [3.05, 3.63) is 29.8 Å². The van der Waals surface area contributed by atoms with Crippen molar-refractivity contribution in [2.75, 3.05) is 33.0 Å². The molecular weight excluding hydrogens is 288 g/mol. The van der Waals surface area contributed by atoms with E-state index in [1.165, 1.54) is 6.26 Å². The van der Waals surface area contributed by atoms with E-state index in [9.17, 15) is 8.42 Å². The number of piperidine rings is 1. The van der Waals surface area contributed by atoms with E-state index in [-0.39, 0.29) is 5.92 Å². The first-order valence-corrected chi connectivity index (χ1v) is 9.16. The number of sulfonamides is 1. The molecule has 1 heterocycles. The number of hydrogen-bond acceptors (Lipinski definition) is 4. The Morgan fingerprint density at radius 1 is 1.38 bits per heavy atom. The summed E-state index contributed by atoms with van der Waals surface area (Å²) in [6.45, 7) is 2.52. The van der Waals surface area contributed by atoms with E-state index in [0.717, 1.165) is 30.7 Å². The van der Waals surface area contributed by atoms with Crippen molar-refractivity contribution in [2.45, 2.75) is 19.4 Å². The Labute approximate surface area is 127 Å². The molecule has 0 bridgehead atoms. The van der Waals surface area contributed by atoms with Gasteiger partial charge in [0.1, 0.15) is 5.75 Å².